The van der Waals surface area contributed by atoms with E-state index in [-0.39, 0.29) is 52.0 Å². The maximum Gasteiger partial charge on any atom is 1.00 e. The third-order valence-electron chi connectivity index (χ3n) is 3.63. The van der Waals surface area contributed by atoms with Gasteiger partial charge in [-0.3, -0.25) is 0 Å². The van der Waals surface area contributed by atoms with Gasteiger partial charge in [0.2, 0.25) is 0 Å². The Kier molecular flexibility index (Phi) is 9.02. The smallest absolute Gasteiger partial charge is 0.545 e. The number of carboxylic acid groups (broad SMARTS) is 1. The molecule has 0 aromatic heterocycles. The second-order valence-electron chi connectivity index (χ2n) is 5.57. The van der Waals surface area contributed by atoms with E-state index in [1.54, 1.807) is 0 Å². The quantitative estimate of drug-likeness (QED) is 0.478. The van der Waals surface area contributed by atoms with Crippen LogP contribution < -0.4 is 34.7 Å². The molecule has 2 aromatic rings. The molecule has 2 aromatic carbocycles. The van der Waals surface area contributed by atoms with E-state index < -0.39 is 22.4 Å². The molecule has 0 fully saturated rings. The molecule has 0 heterocycles. The van der Waals surface area contributed by atoms with Crippen LogP contribution in [0.2, 0.25) is 10.0 Å². The molecule has 0 bridgehead atoms. The molecule has 0 unspecified atom stereocenters. The summed E-state index contributed by atoms with van der Waals surface area (Å²) >= 11 is 12.1. The Hall–Kier alpha value is -0.860. The van der Waals surface area contributed by atoms with E-state index in [2.05, 4.69) is 0 Å². The predicted octanol–water partition coefficient (Wildman–Crippen LogP) is -0.665. The van der Waals surface area contributed by atoms with E-state index in [0.29, 0.717) is 21.2 Å². The van der Waals surface area contributed by atoms with Crippen molar-refractivity contribution in [3.8, 4) is 0 Å². The molecule has 2 rings (SSSR count). The normalized spacial score (nSPS) is 12.1. The first kappa shape index (κ1) is 24.2. The SMILES string of the molecule is CS(=O)(=O)c1ccc(/C(=C(\CCO)C(=O)[O-])c2cc(Cl)cc(Cl)c2)cc1.[Na+]. The van der Waals surface area contributed by atoms with E-state index in [4.69, 9.17) is 23.2 Å². The second kappa shape index (κ2) is 10.1. The third-order valence-corrected chi connectivity index (χ3v) is 5.20. The number of carbonyl (C=O) groups excluding carboxylic acids is 1. The molecule has 0 radical (unpaired) electrons. The van der Waals surface area contributed by atoms with Crippen molar-refractivity contribution in [3.63, 3.8) is 0 Å². The molecule has 0 aliphatic heterocycles. The average Bonchev–Trinajstić information content (AvgIpc) is 2.53. The van der Waals surface area contributed by atoms with Gasteiger partial charge in [-0.25, -0.2) is 8.42 Å². The molecule has 9 heteroatoms. The number of carbonyl (C=O) groups is 1. The Morgan fingerprint density at radius 2 is 1.56 bits per heavy atom. The minimum Gasteiger partial charge on any atom is -0.545 e. The van der Waals surface area contributed by atoms with Crippen molar-refractivity contribution in [1.82, 2.24) is 0 Å². The van der Waals surface area contributed by atoms with Gasteiger partial charge in [-0.05, 0) is 59.0 Å². The second-order valence-corrected chi connectivity index (χ2v) is 8.46. The first-order valence-electron chi connectivity index (χ1n) is 7.46. The van der Waals surface area contributed by atoms with E-state index in [1.165, 1.54) is 42.5 Å². The molecule has 138 valence electrons. The van der Waals surface area contributed by atoms with Crippen LogP contribution in [0.4, 0.5) is 0 Å². The zero-order valence-electron chi connectivity index (χ0n) is 14.7. The summed E-state index contributed by atoms with van der Waals surface area (Å²) in [5, 5.41) is 21.5. The Bertz CT molecular complexity index is 949. The molecule has 0 aliphatic rings. The minimum absolute atomic E-state index is 0. The number of hydrogen-bond acceptors (Lipinski definition) is 5. The standard InChI is InChI=1S/C18H16Cl2O5S.Na/c1-26(24,25)15-4-2-11(3-5-15)17(16(6-7-21)18(22)23)12-8-13(19)10-14(20)9-12;/h2-5,8-10,21H,6-7H2,1H3,(H,22,23);/q;+1/p-1/b17-16-;. The first-order chi connectivity index (χ1) is 12.1. The van der Waals surface area contributed by atoms with Crippen LogP contribution in [0.1, 0.15) is 17.5 Å². The maximum absolute atomic E-state index is 11.6. The van der Waals surface area contributed by atoms with Crippen molar-refractivity contribution in [2.24, 2.45) is 0 Å². The molecule has 0 atom stereocenters. The number of aliphatic hydroxyl groups is 1. The zero-order chi connectivity index (χ0) is 19.5. The van der Waals surface area contributed by atoms with Gasteiger partial charge in [0.05, 0.1) is 10.9 Å². The van der Waals surface area contributed by atoms with Crippen LogP contribution in [0.3, 0.4) is 0 Å². The van der Waals surface area contributed by atoms with Crippen molar-refractivity contribution < 1.29 is 53.0 Å². The van der Waals surface area contributed by atoms with E-state index in [1.807, 2.05) is 0 Å². The molecule has 0 spiro atoms. The molecule has 1 N–H and O–H groups in total. The first-order valence-corrected chi connectivity index (χ1v) is 10.1. The largest absolute Gasteiger partial charge is 1.00 e. The number of carboxylic acids is 1. The minimum atomic E-state index is -3.40. The summed E-state index contributed by atoms with van der Waals surface area (Å²) in [5.74, 6) is -1.45. The van der Waals surface area contributed by atoms with Gasteiger partial charge < -0.3 is 15.0 Å². The molecule has 0 aliphatic carbocycles. The van der Waals surface area contributed by atoms with Crippen molar-refractivity contribution in [2.45, 2.75) is 11.3 Å². The van der Waals surface area contributed by atoms with Gasteiger partial charge >= 0.3 is 29.6 Å². The summed E-state index contributed by atoms with van der Waals surface area (Å²) in [4.78, 5) is 11.7. The van der Waals surface area contributed by atoms with Crippen LogP contribution in [0, 0.1) is 0 Å². The monoisotopic (exact) mass is 436 g/mol. The number of benzene rings is 2. The van der Waals surface area contributed by atoms with Gasteiger partial charge in [0.15, 0.2) is 9.84 Å². The Morgan fingerprint density at radius 1 is 1.04 bits per heavy atom. The number of sulfone groups is 1. The summed E-state index contributed by atoms with van der Waals surface area (Å²) in [7, 11) is -3.40. The van der Waals surface area contributed by atoms with Gasteiger partial charge in [-0.15, -0.1) is 0 Å². The van der Waals surface area contributed by atoms with E-state index >= 15 is 0 Å². The summed E-state index contributed by atoms with van der Waals surface area (Å²) in [6.07, 6.45) is 0.920. The van der Waals surface area contributed by atoms with Crippen LogP contribution in [-0.2, 0) is 14.6 Å². The number of aliphatic carboxylic acids is 1. The number of hydrogen-bond donors (Lipinski definition) is 1. The zero-order valence-corrected chi connectivity index (χ0v) is 19.0. The summed E-state index contributed by atoms with van der Waals surface area (Å²) < 4.78 is 23.3. The van der Waals surface area contributed by atoms with Gasteiger partial charge in [-0.2, -0.15) is 0 Å². The predicted molar refractivity (Wildman–Crippen MR) is 98.7 cm³/mol. The fourth-order valence-electron chi connectivity index (χ4n) is 2.52. The molecule has 0 saturated heterocycles. The topological polar surface area (TPSA) is 94.5 Å². The number of aliphatic hydroxyl groups excluding tert-OH is 1. The van der Waals surface area contributed by atoms with Crippen LogP contribution in [0.15, 0.2) is 52.9 Å². The summed E-state index contributed by atoms with van der Waals surface area (Å²) in [5.41, 5.74) is 0.965. The molecular formula is C18H15Cl2NaO5S. The Balaban J connectivity index is 0.00000364. The number of halogens is 2. The summed E-state index contributed by atoms with van der Waals surface area (Å²) in [6, 6.07) is 10.3. The Labute approximate surface area is 189 Å². The molecular weight excluding hydrogens is 422 g/mol. The van der Waals surface area contributed by atoms with Crippen molar-refractivity contribution >= 4 is 44.6 Å². The van der Waals surface area contributed by atoms with Crippen LogP contribution >= 0.6 is 23.2 Å². The van der Waals surface area contributed by atoms with E-state index in [0.717, 1.165) is 6.26 Å². The van der Waals surface area contributed by atoms with Crippen LogP contribution in [0.5, 0.6) is 0 Å². The Morgan fingerprint density at radius 3 is 1.96 bits per heavy atom. The van der Waals surface area contributed by atoms with Gasteiger partial charge in [0.1, 0.15) is 0 Å². The summed E-state index contributed by atoms with van der Waals surface area (Å²) in [6.45, 7) is -0.400. The van der Waals surface area contributed by atoms with Gasteiger partial charge in [-0.1, -0.05) is 35.3 Å². The third kappa shape index (κ3) is 6.32. The average molecular weight is 437 g/mol. The number of rotatable bonds is 6. The van der Waals surface area contributed by atoms with Crippen LogP contribution in [0.25, 0.3) is 5.57 Å². The fourth-order valence-corrected chi connectivity index (χ4v) is 3.68. The molecule has 27 heavy (non-hydrogen) atoms. The van der Waals surface area contributed by atoms with Crippen LogP contribution in [-0.4, -0.2) is 32.4 Å². The van der Waals surface area contributed by atoms with Crippen molar-refractivity contribution in [3.05, 3.63) is 69.2 Å². The molecule has 5 nitrogen and oxygen atoms in total. The maximum atomic E-state index is 11.6. The van der Waals surface area contributed by atoms with Crippen molar-refractivity contribution in [2.75, 3.05) is 12.9 Å². The molecule has 0 saturated carbocycles. The fraction of sp³-hybridized carbons (Fsp3) is 0.167. The van der Waals surface area contributed by atoms with Gasteiger partial charge in [0.25, 0.3) is 0 Å². The van der Waals surface area contributed by atoms with E-state index in [9.17, 15) is 23.4 Å². The van der Waals surface area contributed by atoms with Gasteiger partial charge in [0, 0.05) is 22.9 Å². The molecule has 0 amide bonds. The van der Waals surface area contributed by atoms with Crippen molar-refractivity contribution in [1.29, 1.82) is 0 Å².